The maximum atomic E-state index is 11.1. The average Bonchev–Trinajstić information content (AvgIpc) is 2.38. The Balaban J connectivity index is 0.00000180. The van der Waals surface area contributed by atoms with E-state index in [4.69, 9.17) is 16.7 Å². The molecule has 0 unspecified atom stereocenters. The third-order valence-electron chi connectivity index (χ3n) is 2.49. The van der Waals surface area contributed by atoms with Crippen LogP contribution in [-0.4, -0.2) is 15.0 Å². The summed E-state index contributed by atoms with van der Waals surface area (Å²) in [6.07, 6.45) is 1.43. The Morgan fingerprint density at radius 3 is 2.42 bits per heavy atom. The third kappa shape index (κ3) is 3.20. The molecule has 1 aromatic carbocycles. The van der Waals surface area contributed by atoms with Gasteiger partial charge >= 0.3 is 5.69 Å². The van der Waals surface area contributed by atoms with Gasteiger partial charge in [0.2, 0.25) is 0 Å². The second kappa shape index (κ2) is 6.47. The molecule has 0 radical (unpaired) electrons. The molecule has 0 saturated heterocycles. The monoisotopic (exact) mass is 300 g/mol. The van der Waals surface area contributed by atoms with Crippen molar-refractivity contribution in [1.82, 2.24) is 4.98 Å². The van der Waals surface area contributed by atoms with Crippen molar-refractivity contribution in [1.29, 1.82) is 0 Å². The van der Waals surface area contributed by atoms with Crippen molar-refractivity contribution < 1.29 is 10.0 Å². The van der Waals surface area contributed by atoms with Crippen LogP contribution in [-0.2, 0) is 6.61 Å². The zero-order valence-electron chi connectivity index (χ0n) is 9.62. The molecule has 19 heavy (non-hydrogen) atoms. The molecule has 0 spiro atoms. The molecule has 7 heteroatoms. The van der Waals surface area contributed by atoms with E-state index in [1.54, 1.807) is 30.3 Å². The van der Waals surface area contributed by atoms with Crippen LogP contribution in [0.1, 0.15) is 5.69 Å². The second-order valence-corrected chi connectivity index (χ2v) is 4.01. The Morgan fingerprint density at radius 1 is 1.26 bits per heavy atom. The van der Waals surface area contributed by atoms with Gasteiger partial charge in [0.25, 0.3) is 0 Å². The first-order valence-corrected chi connectivity index (χ1v) is 5.50. The van der Waals surface area contributed by atoms with Crippen LogP contribution < -0.4 is 0 Å². The van der Waals surface area contributed by atoms with Gasteiger partial charge in [0.1, 0.15) is 5.69 Å². The van der Waals surface area contributed by atoms with Crippen molar-refractivity contribution in [3.05, 3.63) is 57.4 Å². The van der Waals surface area contributed by atoms with E-state index in [0.717, 1.165) is 0 Å². The van der Waals surface area contributed by atoms with E-state index in [9.17, 15) is 10.1 Å². The van der Waals surface area contributed by atoms with Crippen LogP contribution >= 0.6 is 24.0 Å². The molecule has 0 amide bonds. The van der Waals surface area contributed by atoms with Gasteiger partial charge in [0.05, 0.1) is 17.1 Å². The number of aliphatic hydroxyl groups excluding tert-OH is 1. The number of hydrogen-bond acceptors (Lipinski definition) is 4. The highest BCUT2D eigenvalue weighted by Crippen LogP contribution is 2.32. The molecule has 2 aromatic rings. The van der Waals surface area contributed by atoms with Gasteiger partial charge in [-0.2, -0.15) is 0 Å². The van der Waals surface area contributed by atoms with E-state index in [1.807, 2.05) is 0 Å². The summed E-state index contributed by atoms with van der Waals surface area (Å²) in [4.78, 5) is 14.3. The van der Waals surface area contributed by atoms with E-state index in [-0.39, 0.29) is 23.8 Å². The summed E-state index contributed by atoms with van der Waals surface area (Å²) in [6.45, 7) is -0.474. The number of nitrogens with zero attached hydrogens (tertiary/aromatic N) is 2. The fourth-order valence-electron chi connectivity index (χ4n) is 1.68. The fraction of sp³-hybridized carbons (Fsp3) is 0.0833. The Morgan fingerprint density at radius 2 is 1.89 bits per heavy atom. The lowest BCUT2D eigenvalue weighted by Crippen LogP contribution is -2.00. The van der Waals surface area contributed by atoms with Gasteiger partial charge in [-0.3, -0.25) is 15.1 Å². The summed E-state index contributed by atoms with van der Waals surface area (Å²) in [5.74, 6) is 0. The molecule has 0 saturated carbocycles. The Bertz CT molecular complexity index is 588. The first-order chi connectivity index (χ1) is 8.63. The van der Waals surface area contributed by atoms with Crippen molar-refractivity contribution >= 4 is 29.7 Å². The smallest absolute Gasteiger partial charge is 0.300 e. The number of rotatable bonds is 3. The molecule has 1 aromatic heterocycles. The van der Waals surface area contributed by atoms with Crippen LogP contribution in [0, 0.1) is 10.1 Å². The normalized spacial score (nSPS) is 9.79. The molecule has 0 aliphatic heterocycles. The second-order valence-electron chi connectivity index (χ2n) is 3.58. The Kier molecular flexibility index (Phi) is 5.23. The van der Waals surface area contributed by atoms with Gasteiger partial charge in [-0.1, -0.05) is 23.7 Å². The molecule has 1 heterocycles. The van der Waals surface area contributed by atoms with Gasteiger partial charge < -0.3 is 5.11 Å². The zero-order chi connectivity index (χ0) is 13.1. The largest absolute Gasteiger partial charge is 0.390 e. The molecule has 100 valence electrons. The summed E-state index contributed by atoms with van der Waals surface area (Å²) in [5.41, 5.74) is 0.939. The maximum Gasteiger partial charge on any atom is 0.300 e. The SMILES string of the molecule is Cl.O=[N+]([O-])c1c(-c2ccc(Cl)cc2)ccnc1CO. The zero-order valence-corrected chi connectivity index (χ0v) is 11.2. The Hall–Kier alpha value is -1.69. The molecule has 5 nitrogen and oxygen atoms in total. The van der Waals surface area contributed by atoms with Crippen molar-refractivity contribution in [2.45, 2.75) is 6.61 Å². The van der Waals surface area contributed by atoms with E-state index >= 15 is 0 Å². The molecule has 0 aliphatic carbocycles. The summed E-state index contributed by atoms with van der Waals surface area (Å²) in [6, 6.07) is 8.22. The van der Waals surface area contributed by atoms with E-state index < -0.39 is 11.5 Å². The minimum Gasteiger partial charge on any atom is -0.390 e. The number of nitro groups is 1. The molecule has 2 rings (SSSR count). The lowest BCUT2D eigenvalue weighted by molar-refractivity contribution is -0.385. The van der Waals surface area contributed by atoms with Gasteiger partial charge in [0.15, 0.2) is 0 Å². The summed E-state index contributed by atoms with van der Waals surface area (Å²) >= 11 is 5.77. The number of aliphatic hydroxyl groups is 1. The van der Waals surface area contributed by atoms with Crippen molar-refractivity contribution in [2.24, 2.45) is 0 Å². The third-order valence-corrected chi connectivity index (χ3v) is 2.74. The number of pyridine rings is 1. The van der Waals surface area contributed by atoms with E-state index in [0.29, 0.717) is 16.1 Å². The van der Waals surface area contributed by atoms with Crippen molar-refractivity contribution in [3.8, 4) is 11.1 Å². The maximum absolute atomic E-state index is 11.1. The summed E-state index contributed by atoms with van der Waals surface area (Å²) in [7, 11) is 0. The predicted molar refractivity (Wildman–Crippen MR) is 74.5 cm³/mol. The van der Waals surface area contributed by atoms with Crippen LogP contribution in [0.3, 0.4) is 0 Å². The fourth-order valence-corrected chi connectivity index (χ4v) is 1.81. The van der Waals surface area contributed by atoms with E-state index in [2.05, 4.69) is 4.98 Å². The standard InChI is InChI=1S/C12H9ClN2O3.ClH/c13-9-3-1-8(2-4-9)10-5-6-14-11(7-16)12(10)15(17)18;/h1-6,16H,7H2;1H. The van der Waals surface area contributed by atoms with Crippen LogP contribution in [0.25, 0.3) is 11.1 Å². The minimum absolute atomic E-state index is 0. The van der Waals surface area contributed by atoms with Crippen LogP contribution in [0.15, 0.2) is 36.5 Å². The topological polar surface area (TPSA) is 76.3 Å². The highest BCUT2D eigenvalue weighted by atomic mass is 35.5. The predicted octanol–water partition coefficient (Wildman–Crippen LogP) is 3.22. The van der Waals surface area contributed by atoms with Gasteiger partial charge in [-0.05, 0) is 23.8 Å². The lowest BCUT2D eigenvalue weighted by Gasteiger charge is -2.05. The number of benzene rings is 1. The number of aromatic nitrogens is 1. The van der Waals surface area contributed by atoms with E-state index in [1.165, 1.54) is 6.20 Å². The highest BCUT2D eigenvalue weighted by molar-refractivity contribution is 6.30. The Labute approximate surface area is 120 Å². The van der Waals surface area contributed by atoms with Crippen molar-refractivity contribution in [3.63, 3.8) is 0 Å². The first kappa shape index (κ1) is 15.4. The molecule has 0 atom stereocenters. The van der Waals surface area contributed by atoms with Crippen LogP contribution in [0.2, 0.25) is 5.02 Å². The molecule has 0 aliphatic rings. The molecule has 0 fully saturated rings. The molecular weight excluding hydrogens is 291 g/mol. The number of halogens is 2. The molecule has 0 bridgehead atoms. The highest BCUT2D eigenvalue weighted by Gasteiger charge is 2.21. The summed E-state index contributed by atoms with van der Waals surface area (Å²) < 4.78 is 0. The van der Waals surface area contributed by atoms with Crippen molar-refractivity contribution in [2.75, 3.05) is 0 Å². The molecular formula is C12H10Cl2N2O3. The first-order valence-electron chi connectivity index (χ1n) is 5.12. The van der Waals surface area contributed by atoms with Crippen LogP contribution in [0.5, 0.6) is 0 Å². The van der Waals surface area contributed by atoms with Crippen LogP contribution in [0.4, 0.5) is 5.69 Å². The van der Waals surface area contributed by atoms with Gasteiger partial charge in [-0.15, -0.1) is 12.4 Å². The molecule has 1 N–H and O–H groups in total. The summed E-state index contributed by atoms with van der Waals surface area (Å²) in [5, 5.41) is 20.7. The minimum atomic E-state index is -0.539. The number of hydrogen-bond donors (Lipinski definition) is 1. The van der Waals surface area contributed by atoms with Gasteiger partial charge in [-0.25, -0.2) is 0 Å². The lowest BCUT2D eigenvalue weighted by atomic mass is 10.0. The van der Waals surface area contributed by atoms with Gasteiger partial charge in [0, 0.05) is 11.2 Å². The average molecular weight is 301 g/mol. The quantitative estimate of drug-likeness (QED) is 0.697.